The van der Waals surface area contributed by atoms with E-state index in [-0.39, 0.29) is 24.7 Å². The second-order valence-electron chi connectivity index (χ2n) is 5.27. The predicted molar refractivity (Wildman–Crippen MR) is 79.8 cm³/mol. The van der Waals surface area contributed by atoms with Crippen LogP contribution in [0.3, 0.4) is 0 Å². The van der Waals surface area contributed by atoms with Crippen molar-refractivity contribution in [1.29, 1.82) is 0 Å². The SMILES string of the molecule is CCC(C)(C)NC(=O)COC(=O)COc1ccccc1N. The molecule has 0 saturated heterocycles. The quantitative estimate of drug-likeness (QED) is 0.587. The van der Waals surface area contributed by atoms with E-state index in [2.05, 4.69) is 5.32 Å². The zero-order valence-corrected chi connectivity index (χ0v) is 12.6. The van der Waals surface area contributed by atoms with Gasteiger partial charge in [-0.1, -0.05) is 19.1 Å². The number of nitrogen functional groups attached to an aromatic ring is 1. The first-order valence-electron chi connectivity index (χ1n) is 6.78. The molecule has 1 rings (SSSR count). The summed E-state index contributed by atoms with van der Waals surface area (Å²) in [6, 6.07) is 6.83. The van der Waals surface area contributed by atoms with Crippen LogP contribution in [-0.2, 0) is 14.3 Å². The number of hydrogen-bond acceptors (Lipinski definition) is 5. The number of carbonyl (C=O) groups is 2. The first-order chi connectivity index (χ1) is 9.84. The van der Waals surface area contributed by atoms with Crippen LogP contribution in [0.1, 0.15) is 27.2 Å². The highest BCUT2D eigenvalue weighted by molar-refractivity contribution is 5.81. The lowest BCUT2D eigenvalue weighted by Gasteiger charge is -2.24. The molecule has 0 unspecified atom stereocenters. The van der Waals surface area contributed by atoms with E-state index in [1.807, 2.05) is 20.8 Å². The lowest BCUT2D eigenvalue weighted by atomic mass is 10.0. The van der Waals surface area contributed by atoms with Gasteiger partial charge in [0.15, 0.2) is 13.2 Å². The van der Waals surface area contributed by atoms with Crippen molar-refractivity contribution in [1.82, 2.24) is 5.32 Å². The fourth-order valence-electron chi connectivity index (χ4n) is 1.44. The van der Waals surface area contributed by atoms with Gasteiger partial charge in [-0.3, -0.25) is 4.79 Å². The van der Waals surface area contributed by atoms with Crippen molar-refractivity contribution in [3.63, 3.8) is 0 Å². The molecule has 0 aliphatic carbocycles. The van der Waals surface area contributed by atoms with Crippen LogP contribution in [0.2, 0.25) is 0 Å². The number of ether oxygens (including phenoxy) is 2. The molecular formula is C15H22N2O4. The summed E-state index contributed by atoms with van der Waals surface area (Å²) in [5.74, 6) is -0.553. The molecule has 0 aromatic heterocycles. The van der Waals surface area contributed by atoms with Gasteiger partial charge < -0.3 is 20.5 Å². The monoisotopic (exact) mass is 294 g/mol. The van der Waals surface area contributed by atoms with E-state index in [9.17, 15) is 9.59 Å². The normalized spacial score (nSPS) is 10.8. The number of amides is 1. The van der Waals surface area contributed by atoms with Crippen molar-refractivity contribution in [2.45, 2.75) is 32.7 Å². The molecule has 0 atom stereocenters. The maximum absolute atomic E-state index is 11.6. The van der Waals surface area contributed by atoms with Gasteiger partial charge in [0.1, 0.15) is 5.75 Å². The molecule has 0 radical (unpaired) electrons. The van der Waals surface area contributed by atoms with Crippen LogP contribution in [0.5, 0.6) is 5.75 Å². The van der Waals surface area contributed by atoms with Crippen LogP contribution < -0.4 is 15.8 Å². The minimum Gasteiger partial charge on any atom is -0.480 e. The molecule has 0 bridgehead atoms. The van der Waals surface area contributed by atoms with Gasteiger partial charge in [0, 0.05) is 5.54 Å². The zero-order valence-electron chi connectivity index (χ0n) is 12.6. The Morgan fingerprint density at radius 1 is 1.24 bits per heavy atom. The summed E-state index contributed by atoms with van der Waals surface area (Å²) < 4.78 is 10.1. The van der Waals surface area contributed by atoms with Crippen molar-refractivity contribution < 1.29 is 19.1 Å². The molecule has 1 aromatic carbocycles. The molecule has 116 valence electrons. The first-order valence-corrected chi connectivity index (χ1v) is 6.78. The van der Waals surface area contributed by atoms with Crippen LogP contribution in [0.4, 0.5) is 5.69 Å². The van der Waals surface area contributed by atoms with Gasteiger partial charge in [-0.05, 0) is 32.4 Å². The molecule has 6 heteroatoms. The van der Waals surface area contributed by atoms with Crippen molar-refractivity contribution in [2.75, 3.05) is 18.9 Å². The number of esters is 1. The van der Waals surface area contributed by atoms with Crippen LogP contribution in [0.15, 0.2) is 24.3 Å². The molecular weight excluding hydrogens is 272 g/mol. The fourth-order valence-corrected chi connectivity index (χ4v) is 1.44. The Labute approximate surface area is 124 Å². The Morgan fingerprint density at radius 2 is 1.90 bits per heavy atom. The molecule has 0 spiro atoms. The zero-order chi connectivity index (χ0) is 15.9. The lowest BCUT2D eigenvalue weighted by molar-refractivity contribution is -0.150. The minimum atomic E-state index is -0.622. The Kier molecular flexibility index (Phi) is 6.02. The maximum atomic E-state index is 11.6. The molecule has 1 amide bonds. The molecule has 6 nitrogen and oxygen atoms in total. The summed E-state index contributed by atoms with van der Waals surface area (Å²) in [6.45, 7) is 5.14. The van der Waals surface area contributed by atoms with E-state index in [1.165, 1.54) is 0 Å². The summed E-state index contributed by atoms with van der Waals surface area (Å²) in [6.07, 6.45) is 0.781. The second kappa shape index (κ2) is 7.52. The summed E-state index contributed by atoms with van der Waals surface area (Å²) >= 11 is 0. The summed E-state index contributed by atoms with van der Waals surface area (Å²) in [5, 5.41) is 2.77. The van der Waals surface area contributed by atoms with Gasteiger partial charge >= 0.3 is 5.97 Å². The van der Waals surface area contributed by atoms with Gasteiger partial charge in [0.05, 0.1) is 5.69 Å². The first kappa shape index (κ1) is 16.8. The third-order valence-electron chi connectivity index (χ3n) is 2.99. The second-order valence-corrected chi connectivity index (χ2v) is 5.27. The highest BCUT2D eigenvalue weighted by Crippen LogP contribution is 2.19. The van der Waals surface area contributed by atoms with E-state index < -0.39 is 5.97 Å². The van der Waals surface area contributed by atoms with E-state index in [1.54, 1.807) is 24.3 Å². The summed E-state index contributed by atoms with van der Waals surface area (Å²) in [5.41, 5.74) is 5.79. The number of nitrogens with one attached hydrogen (secondary N) is 1. The average molecular weight is 294 g/mol. The third-order valence-corrected chi connectivity index (χ3v) is 2.99. The molecule has 21 heavy (non-hydrogen) atoms. The molecule has 0 heterocycles. The average Bonchev–Trinajstić information content (AvgIpc) is 2.44. The van der Waals surface area contributed by atoms with E-state index in [4.69, 9.17) is 15.2 Å². The van der Waals surface area contributed by atoms with Crippen LogP contribution in [0, 0.1) is 0 Å². The molecule has 3 N–H and O–H groups in total. The van der Waals surface area contributed by atoms with Gasteiger partial charge in [-0.15, -0.1) is 0 Å². The number of carbonyl (C=O) groups excluding carboxylic acids is 2. The Balaban J connectivity index is 2.32. The lowest BCUT2D eigenvalue weighted by Crippen LogP contribution is -2.44. The van der Waals surface area contributed by atoms with Crippen molar-refractivity contribution in [3.05, 3.63) is 24.3 Å². The number of hydrogen-bond donors (Lipinski definition) is 2. The number of para-hydroxylation sites is 2. The Hall–Kier alpha value is -2.24. The summed E-state index contributed by atoms with van der Waals surface area (Å²) in [7, 11) is 0. The molecule has 0 aliphatic heterocycles. The largest absolute Gasteiger partial charge is 0.480 e. The predicted octanol–water partition coefficient (Wildman–Crippen LogP) is 1.50. The highest BCUT2D eigenvalue weighted by Gasteiger charge is 2.18. The fraction of sp³-hybridized carbons (Fsp3) is 0.467. The topological polar surface area (TPSA) is 90.6 Å². The number of rotatable bonds is 7. The number of nitrogens with two attached hydrogens (primary N) is 1. The minimum absolute atomic E-state index is 0.293. The smallest absolute Gasteiger partial charge is 0.344 e. The standard InChI is InChI=1S/C15H22N2O4/c1-4-15(2,3)17-13(18)9-21-14(19)10-20-12-8-6-5-7-11(12)16/h5-8H,4,9-10,16H2,1-3H3,(H,17,18). The van der Waals surface area contributed by atoms with Crippen molar-refractivity contribution in [3.8, 4) is 5.75 Å². The summed E-state index contributed by atoms with van der Waals surface area (Å²) in [4.78, 5) is 23.1. The molecule has 1 aromatic rings. The Morgan fingerprint density at radius 3 is 2.52 bits per heavy atom. The van der Waals surface area contributed by atoms with Gasteiger partial charge in [-0.25, -0.2) is 4.79 Å². The van der Waals surface area contributed by atoms with E-state index in [0.29, 0.717) is 11.4 Å². The molecule has 0 aliphatic rings. The van der Waals surface area contributed by atoms with Crippen LogP contribution in [-0.4, -0.2) is 30.6 Å². The number of anilines is 1. The maximum Gasteiger partial charge on any atom is 0.344 e. The van der Waals surface area contributed by atoms with Gasteiger partial charge in [-0.2, -0.15) is 0 Å². The third kappa shape index (κ3) is 6.16. The van der Waals surface area contributed by atoms with Gasteiger partial charge in [0.25, 0.3) is 5.91 Å². The van der Waals surface area contributed by atoms with Crippen LogP contribution in [0.25, 0.3) is 0 Å². The highest BCUT2D eigenvalue weighted by atomic mass is 16.6. The van der Waals surface area contributed by atoms with Crippen molar-refractivity contribution in [2.24, 2.45) is 0 Å². The van der Waals surface area contributed by atoms with E-state index >= 15 is 0 Å². The van der Waals surface area contributed by atoms with Crippen LogP contribution >= 0.6 is 0 Å². The molecule has 0 saturated carbocycles. The van der Waals surface area contributed by atoms with E-state index in [0.717, 1.165) is 6.42 Å². The Bertz CT molecular complexity index is 500. The van der Waals surface area contributed by atoms with Gasteiger partial charge in [0.2, 0.25) is 0 Å². The molecule has 0 fully saturated rings. The number of benzene rings is 1. The van der Waals surface area contributed by atoms with Crippen molar-refractivity contribution >= 4 is 17.6 Å².